The van der Waals surface area contributed by atoms with E-state index in [0.717, 1.165) is 19.6 Å². The zero-order valence-electron chi connectivity index (χ0n) is 13.0. The number of benzene rings is 1. The van der Waals surface area contributed by atoms with E-state index < -0.39 is 0 Å². The van der Waals surface area contributed by atoms with Crippen molar-refractivity contribution in [2.75, 3.05) is 46.3 Å². The molecule has 2 rings (SSSR count). The Morgan fingerprint density at radius 2 is 1.73 bits per heavy atom. The minimum atomic E-state index is -0.154. The van der Waals surface area contributed by atoms with Crippen molar-refractivity contribution in [3.63, 3.8) is 0 Å². The van der Waals surface area contributed by atoms with Crippen LogP contribution in [0.5, 0.6) is 0 Å². The van der Waals surface area contributed by atoms with Crippen molar-refractivity contribution in [3.8, 4) is 0 Å². The first-order valence-electron chi connectivity index (χ1n) is 7.64. The van der Waals surface area contributed by atoms with Gasteiger partial charge in [0.2, 0.25) is 11.8 Å². The van der Waals surface area contributed by atoms with Crippen molar-refractivity contribution in [2.24, 2.45) is 0 Å². The highest BCUT2D eigenvalue weighted by molar-refractivity contribution is 5.85. The van der Waals surface area contributed by atoms with Gasteiger partial charge in [0.05, 0.1) is 13.1 Å². The molecule has 1 fully saturated rings. The summed E-state index contributed by atoms with van der Waals surface area (Å²) in [4.78, 5) is 27.5. The van der Waals surface area contributed by atoms with Gasteiger partial charge in [-0.2, -0.15) is 0 Å². The Morgan fingerprint density at radius 1 is 1.05 bits per heavy atom. The van der Waals surface area contributed by atoms with Gasteiger partial charge in [0.25, 0.3) is 0 Å². The monoisotopic (exact) mass is 304 g/mol. The summed E-state index contributed by atoms with van der Waals surface area (Å²) in [5, 5.41) is 5.38. The molecule has 1 aromatic rings. The minimum absolute atomic E-state index is 0.0104. The van der Waals surface area contributed by atoms with Crippen LogP contribution in [-0.2, 0) is 16.1 Å². The molecule has 2 amide bonds. The van der Waals surface area contributed by atoms with Crippen LogP contribution in [0.15, 0.2) is 30.3 Å². The van der Waals surface area contributed by atoms with Crippen LogP contribution in [0.4, 0.5) is 0 Å². The number of piperazine rings is 1. The van der Waals surface area contributed by atoms with E-state index in [-0.39, 0.29) is 24.9 Å². The highest BCUT2D eigenvalue weighted by atomic mass is 16.2. The van der Waals surface area contributed by atoms with E-state index in [1.165, 1.54) is 5.56 Å². The molecule has 1 saturated heterocycles. The van der Waals surface area contributed by atoms with Crippen LogP contribution in [0.3, 0.4) is 0 Å². The molecular weight excluding hydrogens is 280 g/mol. The lowest BCUT2D eigenvalue weighted by Crippen LogP contribution is -2.51. The number of carbonyl (C=O) groups excluding carboxylic acids is 2. The van der Waals surface area contributed by atoms with Crippen LogP contribution in [0.25, 0.3) is 0 Å². The minimum Gasteiger partial charge on any atom is -0.346 e. The van der Waals surface area contributed by atoms with Crippen molar-refractivity contribution in [2.45, 2.75) is 6.54 Å². The molecule has 1 aliphatic heterocycles. The maximum Gasteiger partial charge on any atom is 0.242 e. The van der Waals surface area contributed by atoms with Gasteiger partial charge in [0.1, 0.15) is 0 Å². The van der Waals surface area contributed by atoms with E-state index in [0.29, 0.717) is 13.1 Å². The van der Waals surface area contributed by atoms with Crippen LogP contribution in [0, 0.1) is 0 Å². The van der Waals surface area contributed by atoms with E-state index in [9.17, 15) is 9.59 Å². The SMILES string of the molecule is CNCC(=O)NCC(=O)N1CCN(Cc2ccccc2)CC1. The zero-order chi connectivity index (χ0) is 15.8. The summed E-state index contributed by atoms with van der Waals surface area (Å²) in [6, 6.07) is 10.3. The van der Waals surface area contributed by atoms with Crippen LogP contribution < -0.4 is 10.6 Å². The zero-order valence-corrected chi connectivity index (χ0v) is 13.0. The molecule has 1 aromatic carbocycles. The number of nitrogens with one attached hydrogen (secondary N) is 2. The molecule has 0 saturated carbocycles. The average Bonchev–Trinajstić information content (AvgIpc) is 2.54. The van der Waals surface area contributed by atoms with Gasteiger partial charge in [-0.15, -0.1) is 0 Å². The lowest BCUT2D eigenvalue weighted by atomic mass is 10.2. The van der Waals surface area contributed by atoms with Gasteiger partial charge in [0.15, 0.2) is 0 Å². The molecule has 1 aliphatic rings. The first-order chi connectivity index (χ1) is 10.7. The molecule has 2 N–H and O–H groups in total. The number of amides is 2. The fraction of sp³-hybridized carbons (Fsp3) is 0.500. The van der Waals surface area contributed by atoms with Crippen LogP contribution in [0.1, 0.15) is 5.56 Å². The number of likely N-dealkylation sites (N-methyl/N-ethyl adjacent to an activating group) is 1. The van der Waals surface area contributed by atoms with Crippen LogP contribution in [0.2, 0.25) is 0 Å². The summed E-state index contributed by atoms with van der Waals surface area (Å²) in [5.74, 6) is -0.164. The molecule has 0 aromatic heterocycles. The van der Waals surface area contributed by atoms with Crippen molar-refractivity contribution in [1.82, 2.24) is 20.4 Å². The average molecular weight is 304 g/mol. The first-order valence-corrected chi connectivity index (χ1v) is 7.64. The van der Waals surface area contributed by atoms with Gasteiger partial charge in [0, 0.05) is 32.7 Å². The highest BCUT2D eigenvalue weighted by Gasteiger charge is 2.21. The normalized spacial score (nSPS) is 15.6. The van der Waals surface area contributed by atoms with Gasteiger partial charge in [-0.1, -0.05) is 30.3 Å². The van der Waals surface area contributed by atoms with Gasteiger partial charge in [-0.05, 0) is 12.6 Å². The van der Waals surface area contributed by atoms with Gasteiger partial charge >= 0.3 is 0 Å². The maximum absolute atomic E-state index is 12.0. The first kappa shape index (κ1) is 16.5. The molecular formula is C16H24N4O2. The summed E-state index contributed by atoms with van der Waals surface area (Å²) in [5.41, 5.74) is 1.29. The quantitative estimate of drug-likeness (QED) is 0.755. The lowest BCUT2D eigenvalue weighted by Gasteiger charge is -2.34. The van der Waals surface area contributed by atoms with Crippen molar-refractivity contribution >= 4 is 11.8 Å². The third kappa shape index (κ3) is 5.13. The Hall–Kier alpha value is -1.92. The standard InChI is InChI=1S/C16H24N4O2/c1-17-11-15(21)18-12-16(22)20-9-7-19(8-10-20)13-14-5-3-2-4-6-14/h2-6,17H,7-13H2,1H3,(H,18,21). The van der Waals surface area contributed by atoms with Crippen LogP contribution in [-0.4, -0.2) is 67.9 Å². The highest BCUT2D eigenvalue weighted by Crippen LogP contribution is 2.08. The Kier molecular flexibility index (Phi) is 6.36. The van der Waals surface area contributed by atoms with Gasteiger partial charge in [-0.25, -0.2) is 0 Å². The third-order valence-electron chi connectivity index (χ3n) is 3.75. The molecule has 0 radical (unpaired) electrons. The van der Waals surface area contributed by atoms with E-state index >= 15 is 0 Å². The molecule has 0 unspecified atom stereocenters. The molecule has 0 aliphatic carbocycles. The summed E-state index contributed by atoms with van der Waals surface area (Å²) in [7, 11) is 1.70. The Bertz CT molecular complexity index is 484. The Labute approximate surface area is 131 Å². The third-order valence-corrected chi connectivity index (χ3v) is 3.75. The number of hydrogen-bond acceptors (Lipinski definition) is 4. The second kappa shape index (κ2) is 8.51. The predicted molar refractivity (Wildman–Crippen MR) is 85.2 cm³/mol. The second-order valence-corrected chi connectivity index (χ2v) is 5.45. The van der Waals surface area contributed by atoms with Crippen LogP contribution >= 0.6 is 0 Å². The second-order valence-electron chi connectivity index (χ2n) is 5.45. The summed E-state index contributed by atoms with van der Waals surface area (Å²) in [6.45, 7) is 4.40. The van der Waals surface area contributed by atoms with E-state index in [1.54, 1.807) is 7.05 Å². The smallest absolute Gasteiger partial charge is 0.242 e. The fourth-order valence-electron chi connectivity index (χ4n) is 2.51. The molecule has 120 valence electrons. The molecule has 0 bridgehead atoms. The maximum atomic E-state index is 12.0. The fourth-order valence-corrected chi connectivity index (χ4v) is 2.51. The van der Waals surface area contributed by atoms with Crippen molar-refractivity contribution in [3.05, 3.63) is 35.9 Å². The summed E-state index contributed by atoms with van der Waals surface area (Å²) >= 11 is 0. The Balaban J connectivity index is 1.70. The van der Waals surface area contributed by atoms with E-state index in [1.807, 2.05) is 23.1 Å². The number of hydrogen-bond donors (Lipinski definition) is 2. The van der Waals surface area contributed by atoms with E-state index in [4.69, 9.17) is 0 Å². The Morgan fingerprint density at radius 3 is 2.36 bits per heavy atom. The molecule has 22 heavy (non-hydrogen) atoms. The van der Waals surface area contributed by atoms with E-state index in [2.05, 4.69) is 27.7 Å². The van der Waals surface area contributed by atoms with Gasteiger partial charge in [-0.3, -0.25) is 14.5 Å². The molecule has 0 atom stereocenters. The number of nitrogens with zero attached hydrogens (tertiary/aromatic N) is 2. The van der Waals surface area contributed by atoms with Gasteiger partial charge < -0.3 is 15.5 Å². The molecule has 6 heteroatoms. The summed E-state index contributed by atoms with van der Waals surface area (Å²) in [6.07, 6.45) is 0. The predicted octanol–water partition coefficient (Wildman–Crippen LogP) is -0.334. The lowest BCUT2D eigenvalue weighted by molar-refractivity contribution is -0.134. The largest absolute Gasteiger partial charge is 0.346 e. The topological polar surface area (TPSA) is 64.7 Å². The molecule has 0 spiro atoms. The number of carbonyl (C=O) groups is 2. The molecule has 6 nitrogen and oxygen atoms in total. The van der Waals surface area contributed by atoms with Crippen molar-refractivity contribution in [1.29, 1.82) is 0 Å². The number of rotatable bonds is 6. The molecule has 1 heterocycles. The summed E-state index contributed by atoms with van der Waals surface area (Å²) < 4.78 is 0. The van der Waals surface area contributed by atoms with Crippen molar-refractivity contribution < 1.29 is 9.59 Å².